The maximum absolute atomic E-state index is 12.9. The standard InChI is InChI=1S/C48H84N2O3/c1-5-7-9-11-13-15-17-19-21-23-25-27-29-31-33-35-37-49-41-47(45(51)39-43(49)3)53-48-42-50(44(4)40-46(48)52)38-36-34-32-30-28-26-24-22-20-18-16-14-12-10-8-6-2/h39-42H,5-38H2,1-4H3. The Morgan fingerprint density at radius 3 is 0.849 bits per heavy atom. The van der Waals surface area contributed by atoms with Crippen molar-refractivity contribution >= 4 is 0 Å². The molecule has 304 valence electrons. The van der Waals surface area contributed by atoms with E-state index in [4.69, 9.17) is 4.74 Å². The van der Waals surface area contributed by atoms with Gasteiger partial charge in [-0.15, -0.1) is 0 Å². The van der Waals surface area contributed by atoms with Crippen LogP contribution in [0.25, 0.3) is 0 Å². The molecule has 0 N–H and O–H groups in total. The van der Waals surface area contributed by atoms with Gasteiger partial charge in [-0.2, -0.15) is 0 Å². The second-order valence-corrected chi connectivity index (χ2v) is 16.4. The van der Waals surface area contributed by atoms with E-state index in [0.717, 1.165) is 37.3 Å². The summed E-state index contributed by atoms with van der Waals surface area (Å²) in [6.07, 6.45) is 46.9. The molecule has 0 spiro atoms. The normalized spacial score (nSPS) is 11.5. The number of hydrogen-bond donors (Lipinski definition) is 0. The van der Waals surface area contributed by atoms with Gasteiger partial charge < -0.3 is 13.9 Å². The lowest BCUT2D eigenvalue weighted by Gasteiger charge is -2.15. The summed E-state index contributed by atoms with van der Waals surface area (Å²) in [6.45, 7) is 10.3. The van der Waals surface area contributed by atoms with Crippen molar-refractivity contribution in [2.45, 2.75) is 246 Å². The summed E-state index contributed by atoms with van der Waals surface area (Å²) in [6, 6.07) is 3.29. The fourth-order valence-corrected chi connectivity index (χ4v) is 7.72. The van der Waals surface area contributed by atoms with Gasteiger partial charge in [-0.25, -0.2) is 0 Å². The molecule has 0 radical (unpaired) electrons. The molecule has 0 saturated carbocycles. The number of pyridine rings is 2. The lowest BCUT2D eigenvalue weighted by Crippen LogP contribution is -2.16. The average Bonchev–Trinajstić information content (AvgIpc) is 3.14. The van der Waals surface area contributed by atoms with Crippen LogP contribution in [-0.2, 0) is 13.1 Å². The predicted molar refractivity (Wildman–Crippen MR) is 230 cm³/mol. The van der Waals surface area contributed by atoms with E-state index in [2.05, 4.69) is 23.0 Å². The van der Waals surface area contributed by atoms with Gasteiger partial charge in [0.15, 0.2) is 11.5 Å². The van der Waals surface area contributed by atoms with E-state index >= 15 is 0 Å². The number of nitrogens with zero attached hydrogens (tertiary/aromatic N) is 2. The molecule has 0 aliphatic carbocycles. The van der Waals surface area contributed by atoms with Gasteiger partial charge in [-0.05, 0) is 26.7 Å². The molecule has 2 aromatic rings. The van der Waals surface area contributed by atoms with Crippen molar-refractivity contribution in [1.29, 1.82) is 0 Å². The van der Waals surface area contributed by atoms with Crippen molar-refractivity contribution in [2.75, 3.05) is 0 Å². The second kappa shape index (κ2) is 32.0. The molecule has 0 saturated heterocycles. The van der Waals surface area contributed by atoms with E-state index in [1.54, 1.807) is 12.1 Å². The average molecular weight is 737 g/mol. The lowest BCUT2D eigenvalue weighted by atomic mass is 10.0. The molecule has 2 rings (SSSR count). The molecule has 0 aliphatic heterocycles. The summed E-state index contributed by atoms with van der Waals surface area (Å²) in [5.74, 6) is 0.476. The monoisotopic (exact) mass is 737 g/mol. The quantitative estimate of drug-likeness (QED) is 0.0655. The predicted octanol–water partition coefficient (Wildman–Crippen LogP) is 14.9. The SMILES string of the molecule is CCCCCCCCCCCCCCCCCCn1cc(Oc2cn(CCCCCCCCCCCCCCCCCC)c(C)cc2=O)c(=O)cc1C. The van der Waals surface area contributed by atoms with E-state index in [1.807, 2.05) is 26.2 Å². The van der Waals surface area contributed by atoms with Gasteiger partial charge >= 0.3 is 0 Å². The minimum atomic E-state index is -0.171. The summed E-state index contributed by atoms with van der Waals surface area (Å²) in [7, 11) is 0. The van der Waals surface area contributed by atoms with Gasteiger partial charge in [0, 0.05) is 36.6 Å². The molecule has 5 nitrogen and oxygen atoms in total. The van der Waals surface area contributed by atoms with Crippen molar-refractivity contribution in [3.05, 3.63) is 56.4 Å². The Balaban J connectivity index is 1.61. The molecule has 53 heavy (non-hydrogen) atoms. The molecular formula is C48H84N2O3. The first kappa shape index (κ1) is 46.9. The molecule has 2 aromatic heterocycles. The number of aromatic nitrogens is 2. The van der Waals surface area contributed by atoms with Gasteiger partial charge in [0.1, 0.15) is 0 Å². The van der Waals surface area contributed by atoms with E-state index < -0.39 is 0 Å². The summed E-state index contributed by atoms with van der Waals surface area (Å²) in [5.41, 5.74) is 1.53. The van der Waals surface area contributed by atoms with Crippen LogP contribution in [0.15, 0.2) is 34.1 Å². The largest absolute Gasteiger partial charge is 0.446 e. The highest BCUT2D eigenvalue weighted by Gasteiger charge is 2.11. The van der Waals surface area contributed by atoms with Crippen LogP contribution in [0.3, 0.4) is 0 Å². The molecule has 5 heteroatoms. The van der Waals surface area contributed by atoms with Gasteiger partial charge in [-0.1, -0.05) is 206 Å². The Morgan fingerprint density at radius 2 is 0.604 bits per heavy atom. The van der Waals surface area contributed by atoms with Crippen molar-refractivity contribution in [2.24, 2.45) is 0 Å². The maximum atomic E-state index is 12.9. The van der Waals surface area contributed by atoms with E-state index in [1.165, 1.54) is 193 Å². The van der Waals surface area contributed by atoms with Crippen LogP contribution in [-0.4, -0.2) is 9.13 Å². The molecule has 2 heterocycles. The van der Waals surface area contributed by atoms with E-state index in [9.17, 15) is 9.59 Å². The molecule has 0 atom stereocenters. The molecule has 0 unspecified atom stereocenters. The molecule has 0 aromatic carbocycles. The van der Waals surface area contributed by atoms with Crippen molar-refractivity contribution in [1.82, 2.24) is 9.13 Å². The van der Waals surface area contributed by atoms with Crippen LogP contribution in [0, 0.1) is 13.8 Å². The fourth-order valence-electron chi connectivity index (χ4n) is 7.72. The molecule has 0 bridgehead atoms. The number of unbranched alkanes of at least 4 members (excludes halogenated alkanes) is 30. The Kier molecular flexibility index (Phi) is 28.3. The lowest BCUT2D eigenvalue weighted by molar-refractivity contribution is 0.449. The Labute approximate surface area is 327 Å². The number of aryl methyl sites for hydroxylation is 4. The zero-order valence-corrected chi connectivity index (χ0v) is 35.5. The molecule has 0 fully saturated rings. The van der Waals surface area contributed by atoms with Gasteiger partial charge in [-0.3, -0.25) is 9.59 Å². The van der Waals surface area contributed by atoms with Crippen LogP contribution >= 0.6 is 0 Å². The summed E-state index contributed by atoms with van der Waals surface area (Å²) < 4.78 is 10.3. The highest BCUT2D eigenvalue weighted by atomic mass is 16.5. The first-order chi connectivity index (χ1) is 26.0. The van der Waals surface area contributed by atoms with Crippen LogP contribution in [0.5, 0.6) is 11.5 Å². The first-order valence-electron chi connectivity index (χ1n) is 23.1. The summed E-state index contributed by atoms with van der Waals surface area (Å²) in [5, 5.41) is 0. The Hall–Kier alpha value is -2.30. The molecular weight excluding hydrogens is 653 g/mol. The third kappa shape index (κ3) is 23.3. The van der Waals surface area contributed by atoms with Crippen LogP contribution in [0.1, 0.15) is 231 Å². The van der Waals surface area contributed by atoms with Crippen molar-refractivity contribution in [3.8, 4) is 11.5 Å². The highest BCUT2D eigenvalue weighted by molar-refractivity contribution is 5.30. The van der Waals surface area contributed by atoms with Crippen LogP contribution in [0.4, 0.5) is 0 Å². The molecule has 0 aliphatic rings. The third-order valence-corrected chi connectivity index (χ3v) is 11.3. The molecule has 0 amide bonds. The topological polar surface area (TPSA) is 53.2 Å². The summed E-state index contributed by atoms with van der Waals surface area (Å²) in [4.78, 5) is 25.7. The Morgan fingerprint density at radius 1 is 0.377 bits per heavy atom. The smallest absolute Gasteiger partial charge is 0.224 e. The van der Waals surface area contributed by atoms with Gasteiger partial charge in [0.05, 0.1) is 12.4 Å². The van der Waals surface area contributed by atoms with Crippen LogP contribution < -0.4 is 15.6 Å². The first-order valence-corrected chi connectivity index (χ1v) is 23.1. The zero-order valence-electron chi connectivity index (χ0n) is 35.5. The minimum absolute atomic E-state index is 0.171. The minimum Gasteiger partial charge on any atom is -0.446 e. The number of hydrogen-bond acceptors (Lipinski definition) is 3. The second-order valence-electron chi connectivity index (χ2n) is 16.4. The zero-order chi connectivity index (χ0) is 38.2. The fraction of sp³-hybridized carbons (Fsp3) is 0.792. The highest BCUT2D eigenvalue weighted by Crippen LogP contribution is 2.19. The van der Waals surface area contributed by atoms with Gasteiger partial charge in [0.25, 0.3) is 0 Å². The van der Waals surface area contributed by atoms with E-state index in [0.29, 0.717) is 0 Å². The van der Waals surface area contributed by atoms with Crippen molar-refractivity contribution in [3.63, 3.8) is 0 Å². The van der Waals surface area contributed by atoms with E-state index in [-0.39, 0.29) is 22.4 Å². The third-order valence-electron chi connectivity index (χ3n) is 11.3. The Bertz CT molecular complexity index is 1180. The van der Waals surface area contributed by atoms with Gasteiger partial charge in [0.2, 0.25) is 10.9 Å². The number of rotatable bonds is 36. The van der Waals surface area contributed by atoms with Crippen molar-refractivity contribution < 1.29 is 4.74 Å². The number of ether oxygens (including phenoxy) is 1. The maximum Gasteiger partial charge on any atom is 0.224 e. The van der Waals surface area contributed by atoms with Crippen LogP contribution in [0.2, 0.25) is 0 Å². The summed E-state index contributed by atoms with van der Waals surface area (Å²) >= 11 is 0.